The van der Waals surface area contributed by atoms with Crippen molar-refractivity contribution in [3.05, 3.63) is 28.8 Å². The van der Waals surface area contributed by atoms with E-state index in [0.717, 1.165) is 11.1 Å². The van der Waals surface area contributed by atoms with Gasteiger partial charge in [-0.05, 0) is 31.0 Å². The highest BCUT2D eigenvalue weighted by Crippen LogP contribution is 2.18. The van der Waals surface area contributed by atoms with Crippen LogP contribution in [0.1, 0.15) is 21.5 Å². The van der Waals surface area contributed by atoms with Crippen LogP contribution in [0.3, 0.4) is 0 Å². The Labute approximate surface area is 117 Å². The maximum Gasteiger partial charge on any atom is 0.338 e. The molecule has 3 N–H and O–H groups in total. The fourth-order valence-electron chi connectivity index (χ4n) is 2.14. The predicted octanol–water partition coefficient (Wildman–Crippen LogP) is 1.07. The largest absolute Gasteiger partial charge is 0.460 e. The number of nitrogen functional groups attached to an aromatic ring is 1. The van der Waals surface area contributed by atoms with Crippen molar-refractivity contribution in [1.29, 1.82) is 0 Å². The standard InChI is InChI=1S/C14H19N3O3/c1-9-7-10(2)12(15)8-11(9)13(18)20-6-5-17-4-3-16-14(17)19/h7-8H,3-6,15H2,1-2H3,(H,16,19). The molecule has 0 aliphatic carbocycles. The Bertz CT molecular complexity index is 543. The van der Waals surface area contributed by atoms with Crippen LogP contribution in [-0.2, 0) is 4.74 Å². The van der Waals surface area contributed by atoms with Crippen LogP contribution in [0.2, 0.25) is 0 Å². The number of hydrogen-bond donors (Lipinski definition) is 2. The van der Waals surface area contributed by atoms with E-state index in [4.69, 9.17) is 10.5 Å². The van der Waals surface area contributed by atoms with Crippen LogP contribution in [0, 0.1) is 13.8 Å². The third-order valence-corrected chi connectivity index (χ3v) is 3.37. The highest BCUT2D eigenvalue weighted by atomic mass is 16.5. The second-order valence-electron chi connectivity index (χ2n) is 4.88. The number of hydrogen-bond acceptors (Lipinski definition) is 4. The number of nitrogens with one attached hydrogen (secondary N) is 1. The molecule has 0 spiro atoms. The topological polar surface area (TPSA) is 84.7 Å². The van der Waals surface area contributed by atoms with Crippen LogP contribution in [0.4, 0.5) is 10.5 Å². The first kappa shape index (κ1) is 14.2. The smallest absolute Gasteiger partial charge is 0.338 e. The average Bonchev–Trinajstić information content (AvgIpc) is 2.79. The van der Waals surface area contributed by atoms with Crippen molar-refractivity contribution in [2.75, 3.05) is 32.0 Å². The lowest BCUT2D eigenvalue weighted by Gasteiger charge is -2.14. The minimum absolute atomic E-state index is 0.114. The number of nitrogens with zero attached hydrogens (tertiary/aromatic N) is 1. The van der Waals surface area contributed by atoms with E-state index in [1.807, 2.05) is 19.9 Å². The molecular weight excluding hydrogens is 258 g/mol. The van der Waals surface area contributed by atoms with Gasteiger partial charge in [-0.1, -0.05) is 6.07 Å². The summed E-state index contributed by atoms with van der Waals surface area (Å²) < 4.78 is 5.20. The molecule has 2 rings (SSSR count). The molecule has 0 atom stereocenters. The zero-order chi connectivity index (χ0) is 14.7. The molecule has 20 heavy (non-hydrogen) atoms. The van der Waals surface area contributed by atoms with Crippen LogP contribution in [0.25, 0.3) is 0 Å². The molecule has 1 aliphatic rings. The third kappa shape index (κ3) is 3.01. The van der Waals surface area contributed by atoms with E-state index in [9.17, 15) is 9.59 Å². The molecule has 1 aliphatic heterocycles. The third-order valence-electron chi connectivity index (χ3n) is 3.37. The van der Waals surface area contributed by atoms with E-state index in [-0.39, 0.29) is 12.6 Å². The van der Waals surface area contributed by atoms with E-state index in [1.54, 1.807) is 11.0 Å². The van der Waals surface area contributed by atoms with Gasteiger partial charge in [0.25, 0.3) is 0 Å². The fraction of sp³-hybridized carbons (Fsp3) is 0.429. The number of rotatable bonds is 4. The zero-order valence-corrected chi connectivity index (χ0v) is 11.7. The van der Waals surface area contributed by atoms with Crippen LogP contribution in [-0.4, -0.2) is 43.1 Å². The lowest BCUT2D eigenvalue weighted by atomic mass is 10.0. The summed E-state index contributed by atoms with van der Waals surface area (Å²) in [7, 11) is 0. The molecule has 0 bridgehead atoms. The maximum absolute atomic E-state index is 12.0. The number of carbonyl (C=O) groups excluding carboxylic acids is 2. The van der Waals surface area contributed by atoms with E-state index >= 15 is 0 Å². The minimum Gasteiger partial charge on any atom is -0.460 e. The van der Waals surface area contributed by atoms with Crippen molar-refractivity contribution in [3.8, 4) is 0 Å². The maximum atomic E-state index is 12.0. The average molecular weight is 277 g/mol. The van der Waals surface area contributed by atoms with Gasteiger partial charge in [0.05, 0.1) is 12.1 Å². The summed E-state index contributed by atoms with van der Waals surface area (Å²) in [5.74, 6) is -0.409. The van der Waals surface area contributed by atoms with Crippen molar-refractivity contribution in [2.24, 2.45) is 0 Å². The molecule has 1 saturated heterocycles. The number of nitrogens with two attached hydrogens (primary N) is 1. The Kier molecular flexibility index (Phi) is 4.12. The van der Waals surface area contributed by atoms with Crippen molar-refractivity contribution < 1.29 is 14.3 Å². The van der Waals surface area contributed by atoms with Gasteiger partial charge in [-0.25, -0.2) is 9.59 Å². The van der Waals surface area contributed by atoms with E-state index in [0.29, 0.717) is 30.9 Å². The van der Waals surface area contributed by atoms with Gasteiger partial charge in [0.1, 0.15) is 6.61 Å². The van der Waals surface area contributed by atoms with E-state index in [1.165, 1.54) is 0 Å². The molecule has 0 unspecified atom stereocenters. The molecule has 1 aromatic rings. The number of esters is 1. The van der Waals surface area contributed by atoms with Crippen LogP contribution in [0.5, 0.6) is 0 Å². The summed E-state index contributed by atoms with van der Waals surface area (Å²) in [5, 5.41) is 2.69. The fourth-order valence-corrected chi connectivity index (χ4v) is 2.14. The molecule has 6 heteroatoms. The lowest BCUT2D eigenvalue weighted by Crippen LogP contribution is -2.31. The van der Waals surface area contributed by atoms with Crippen LogP contribution in [0.15, 0.2) is 12.1 Å². The van der Waals surface area contributed by atoms with Gasteiger partial charge >= 0.3 is 12.0 Å². The summed E-state index contributed by atoms with van der Waals surface area (Å²) in [6, 6.07) is 3.38. The Morgan fingerprint density at radius 1 is 1.40 bits per heavy atom. The summed E-state index contributed by atoms with van der Waals surface area (Å²) >= 11 is 0. The number of carbonyl (C=O) groups is 2. The first-order valence-corrected chi connectivity index (χ1v) is 6.55. The summed E-state index contributed by atoms with van der Waals surface area (Å²) in [5.41, 5.74) is 8.62. The number of ether oxygens (including phenoxy) is 1. The number of anilines is 1. The summed E-state index contributed by atoms with van der Waals surface area (Å²) in [4.78, 5) is 24.9. The first-order valence-electron chi connectivity index (χ1n) is 6.55. The zero-order valence-electron chi connectivity index (χ0n) is 11.7. The second-order valence-corrected chi connectivity index (χ2v) is 4.88. The molecule has 2 amide bonds. The highest BCUT2D eigenvalue weighted by molar-refractivity contribution is 5.92. The second kappa shape index (κ2) is 5.81. The van der Waals surface area contributed by atoms with Crippen LogP contribution < -0.4 is 11.1 Å². The number of amides is 2. The molecule has 0 aromatic heterocycles. The van der Waals surface area contributed by atoms with Gasteiger partial charge < -0.3 is 20.7 Å². The van der Waals surface area contributed by atoms with Gasteiger partial charge in [0, 0.05) is 18.8 Å². The van der Waals surface area contributed by atoms with Gasteiger partial charge in [-0.15, -0.1) is 0 Å². The monoisotopic (exact) mass is 277 g/mol. The number of urea groups is 1. The SMILES string of the molecule is Cc1cc(C)c(C(=O)OCCN2CCNC2=O)cc1N. The molecular formula is C14H19N3O3. The minimum atomic E-state index is -0.409. The molecule has 108 valence electrons. The first-order chi connectivity index (χ1) is 9.49. The van der Waals surface area contributed by atoms with Crippen molar-refractivity contribution in [1.82, 2.24) is 10.2 Å². The molecule has 0 radical (unpaired) electrons. The molecule has 0 saturated carbocycles. The number of benzene rings is 1. The normalized spacial score (nSPS) is 14.3. The van der Waals surface area contributed by atoms with Crippen molar-refractivity contribution >= 4 is 17.7 Å². The van der Waals surface area contributed by atoms with Crippen LogP contribution >= 0.6 is 0 Å². The summed E-state index contributed by atoms with van der Waals surface area (Å²) in [6.45, 7) is 5.60. The molecule has 1 fully saturated rings. The van der Waals surface area contributed by atoms with Crippen molar-refractivity contribution in [3.63, 3.8) is 0 Å². The Hall–Kier alpha value is -2.24. The van der Waals surface area contributed by atoms with E-state index in [2.05, 4.69) is 5.32 Å². The lowest BCUT2D eigenvalue weighted by molar-refractivity contribution is 0.0480. The Balaban J connectivity index is 1.92. The molecule has 1 heterocycles. The van der Waals surface area contributed by atoms with Gasteiger partial charge in [-0.3, -0.25) is 0 Å². The van der Waals surface area contributed by atoms with Gasteiger partial charge in [0.15, 0.2) is 0 Å². The van der Waals surface area contributed by atoms with Gasteiger partial charge in [0.2, 0.25) is 0 Å². The highest BCUT2D eigenvalue weighted by Gasteiger charge is 2.19. The number of aryl methyl sites for hydroxylation is 2. The molecule has 1 aromatic carbocycles. The van der Waals surface area contributed by atoms with Gasteiger partial charge in [-0.2, -0.15) is 0 Å². The quantitative estimate of drug-likeness (QED) is 0.637. The predicted molar refractivity (Wildman–Crippen MR) is 75.6 cm³/mol. The Morgan fingerprint density at radius 2 is 2.15 bits per heavy atom. The Morgan fingerprint density at radius 3 is 2.80 bits per heavy atom. The van der Waals surface area contributed by atoms with Crippen molar-refractivity contribution in [2.45, 2.75) is 13.8 Å². The molecule has 6 nitrogen and oxygen atoms in total. The van der Waals surface area contributed by atoms with E-state index < -0.39 is 5.97 Å². The summed E-state index contributed by atoms with van der Waals surface area (Å²) in [6.07, 6.45) is 0.